The predicted molar refractivity (Wildman–Crippen MR) is 69.5 cm³/mol. The van der Waals surface area contributed by atoms with E-state index in [1.807, 2.05) is 38.1 Å². The van der Waals surface area contributed by atoms with Gasteiger partial charge in [0.15, 0.2) is 0 Å². The fourth-order valence-corrected chi connectivity index (χ4v) is 1.90. The van der Waals surface area contributed by atoms with Crippen LogP contribution in [0.1, 0.15) is 19.5 Å². The fourth-order valence-electron chi connectivity index (χ4n) is 1.90. The van der Waals surface area contributed by atoms with Crippen molar-refractivity contribution in [1.29, 1.82) is 0 Å². The van der Waals surface area contributed by atoms with E-state index < -0.39 is 0 Å². The van der Waals surface area contributed by atoms with Crippen LogP contribution in [0.2, 0.25) is 0 Å². The average molecular weight is 244 g/mol. The van der Waals surface area contributed by atoms with Crippen LogP contribution in [0.15, 0.2) is 42.1 Å². The van der Waals surface area contributed by atoms with Gasteiger partial charge in [-0.2, -0.15) is 0 Å². The first kappa shape index (κ1) is 12.4. The Morgan fingerprint density at radius 2 is 2.17 bits per heavy atom. The van der Waals surface area contributed by atoms with Crippen molar-refractivity contribution >= 4 is 11.7 Å². The van der Waals surface area contributed by atoms with Gasteiger partial charge in [-0.1, -0.05) is 6.07 Å². The number of rotatable bonds is 2. The summed E-state index contributed by atoms with van der Waals surface area (Å²) in [5.74, 6) is -0.335. The summed E-state index contributed by atoms with van der Waals surface area (Å²) < 4.78 is 4.77. The molecule has 0 amide bonds. The number of aromatic nitrogens is 1. The molecule has 1 N–H and O–H groups in total. The van der Waals surface area contributed by atoms with Crippen molar-refractivity contribution in [3.8, 4) is 0 Å². The molecule has 2 rings (SSSR count). The monoisotopic (exact) mass is 244 g/mol. The number of dihydropyridines is 1. The molecule has 0 aromatic carbocycles. The van der Waals surface area contributed by atoms with Gasteiger partial charge in [-0.05, 0) is 38.1 Å². The molecule has 4 heteroatoms. The van der Waals surface area contributed by atoms with E-state index in [4.69, 9.17) is 4.74 Å². The summed E-state index contributed by atoms with van der Waals surface area (Å²) in [6.07, 6.45) is 5.34. The lowest BCUT2D eigenvalue weighted by molar-refractivity contribution is -0.135. The highest BCUT2D eigenvalue weighted by Gasteiger charge is 2.25. The van der Waals surface area contributed by atoms with E-state index in [0.29, 0.717) is 5.57 Å². The summed E-state index contributed by atoms with van der Waals surface area (Å²) in [5, 5.41) is 3.33. The van der Waals surface area contributed by atoms with Crippen LogP contribution in [-0.2, 0) is 9.53 Å². The predicted octanol–water partition coefficient (Wildman–Crippen LogP) is 1.90. The number of hydrogen-bond acceptors (Lipinski definition) is 4. The zero-order chi connectivity index (χ0) is 13.2. The minimum Gasteiger partial charge on any atom is -0.465 e. The number of esters is 1. The molecule has 0 fully saturated rings. The van der Waals surface area contributed by atoms with Gasteiger partial charge in [-0.15, -0.1) is 0 Å². The van der Waals surface area contributed by atoms with Gasteiger partial charge in [-0.25, -0.2) is 4.79 Å². The normalized spacial score (nSPS) is 17.3. The number of carbonyl (C=O) groups is 1. The summed E-state index contributed by atoms with van der Waals surface area (Å²) in [6.45, 7) is 3.98. The van der Waals surface area contributed by atoms with Gasteiger partial charge in [0.25, 0.3) is 0 Å². The Kier molecular flexibility index (Phi) is 3.19. The molecule has 0 saturated carbocycles. The molecule has 1 aliphatic rings. The largest absolute Gasteiger partial charge is 0.465 e. The van der Waals surface area contributed by atoms with Crippen molar-refractivity contribution in [2.24, 2.45) is 0 Å². The minimum absolute atomic E-state index is 0.314. The van der Waals surface area contributed by atoms with Gasteiger partial charge in [0, 0.05) is 6.20 Å². The maximum Gasteiger partial charge on any atom is 0.337 e. The Labute approximate surface area is 106 Å². The zero-order valence-electron chi connectivity index (χ0n) is 10.7. The maximum absolute atomic E-state index is 11.6. The highest BCUT2D eigenvalue weighted by atomic mass is 16.5. The van der Waals surface area contributed by atoms with Gasteiger partial charge in [0.1, 0.15) is 0 Å². The Morgan fingerprint density at radius 3 is 2.78 bits per heavy atom. The quantitative estimate of drug-likeness (QED) is 0.807. The Balaban J connectivity index is 2.41. The van der Waals surface area contributed by atoms with Crippen molar-refractivity contribution < 1.29 is 9.53 Å². The van der Waals surface area contributed by atoms with Gasteiger partial charge < -0.3 is 10.1 Å². The Bertz CT molecular complexity index is 516. The van der Waals surface area contributed by atoms with Crippen LogP contribution < -0.4 is 5.32 Å². The van der Waals surface area contributed by atoms with Crippen LogP contribution >= 0.6 is 0 Å². The second kappa shape index (κ2) is 4.64. The molecule has 2 heterocycles. The second-order valence-corrected chi connectivity index (χ2v) is 4.71. The van der Waals surface area contributed by atoms with Crippen molar-refractivity contribution in [2.45, 2.75) is 19.4 Å². The molecule has 0 atom stereocenters. The number of nitrogens with zero attached hydrogens (tertiary/aromatic N) is 1. The lowest BCUT2D eigenvalue weighted by Crippen LogP contribution is -2.39. The molecule has 1 aliphatic heterocycles. The van der Waals surface area contributed by atoms with E-state index in [9.17, 15) is 4.79 Å². The highest BCUT2D eigenvalue weighted by Crippen LogP contribution is 2.23. The van der Waals surface area contributed by atoms with E-state index >= 15 is 0 Å². The molecule has 1 aromatic rings. The third-order valence-electron chi connectivity index (χ3n) is 2.63. The molecule has 0 spiro atoms. The molecule has 0 aliphatic carbocycles. The molecule has 94 valence electrons. The van der Waals surface area contributed by atoms with E-state index in [0.717, 1.165) is 11.4 Å². The molecule has 0 saturated heterocycles. The van der Waals surface area contributed by atoms with Crippen molar-refractivity contribution in [3.05, 3.63) is 47.8 Å². The second-order valence-electron chi connectivity index (χ2n) is 4.71. The molecular weight excluding hydrogens is 228 g/mol. The van der Waals surface area contributed by atoms with Crippen LogP contribution in [0.25, 0.3) is 5.70 Å². The van der Waals surface area contributed by atoms with Gasteiger partial charge in [0.2, 0.25) is 0 Å². The molecule has 1 aromatic heterocycles. The third kappa shape index (κ3) is 2.59. The standard InChI is InChI=1S/C14H16N2O2/c1-14(2)9-10(13(17)18-3)8-12(16-14)11-6-4-5-7-15-11/h4-9,16H,1-3H3. The molecular formula is C14H16N2O2. The molecule has 18 heavy (non-hydrogen) atoms. The fraction of sp³-hybridized carbons (Fsp3) is 0.286. The van der Waals surface area contributed by atoms with Crippen LogP contribution in [-0.4, -0.2) is 23.6 Å². The zero-order valence-corrected chi connectivity index (χ0v) is 10.7. The number of carbonyl (C=O) groups excluding carboxylic acids is 1. The summed E-state index contributed by atoms with van der Waals surface area (Å²) >= 11 is 0. The first-order valence-electron chi connectivity index (χ1n) is 5.74. The van der Waals surface area contributed by atoms with Gasteiger partial charge in [-0.3, -0.25) is 4.98 Å². The summed E-state index contributed by atoms with van der Waals surface area (Å²) in [5.41, 5.74) is 1.86. The molecule has 0 radical (unpaired) electrons. The molecule has 4 nitrogen and oxygen atoms in total. The topological polar surface area (TPSA) is 51.2 Å². The first-order chi connectivity index (χ1) is 8.52. The number of pyridine rings is 1. The van der Waals surface area contributed by atoms with Crippen LogP contribution in [0.4, 0.5) is 0 Å². The van der Waals surface area contributed by atoms with E-state index in [2.05, 4.69) is 10.3 Å². The minimum atomic E-state index is -0.335. The van der Waals surface area contributed by atoms with Crippen LogP contribution in [0, 0.1) is 0 Å². The van der Waals surface area contributed by atoms with E-state index in [1.54, 1.807) is 12.3 Å². The Morgan fingerprint density at radius 1 is 1.39 bits per heavy atom. The van der Waals surface area contributed by atoms with Crippen LogP contribution in [0.3, 0.4) is 0 Å². The smallest absolute Gasteiger partial charge is 0.337 e. The van der Waals surface area contributed by atoms with Gasteiger partial charge >= 0.3 is 5.97 Å². The first-order valence-corrected chi connectivity index (χ1v) is 5.74. The number of methoxy groups -OCH3 is 1. The van der Waals surface area contributed by atoms with Crippen molar-refractivity contribution in [2.75, 3.05) is 7.11 Å². The van der Waals surface area contributed by atoms with Gasteiger partial charge in [0.05, 0.1) is 29.6 Å². The summed E-state index contributed by atoms with van der Waals surface area (Å²) in [4.78, 5) is 15.9. The van der Waals surface area contributed by atoms with Crippen LogP contribution in [0.5, 0.6) is 0 Å². The average Bonchev–Trinajstić information content (AvgIpc) is 2.37. The van der Waals surface area contributed by atoms with E-state index in [1.165, 1.54) is 7.11 Å². The molecule has 0 bridgehead atoms. The number of ether oxygens (including phenoxy) is 1. The van der Waals surface area contributed by atoms with Crippen molar-refractivity contribution in [1.82, 2.24) is 10.3 Å². The number of nitrogens with one attached hydrogen (secondary N) is 1. The summed E-state index contributed by atoms with van der Waals surface area (Å²) in [6, 6.07) is 5.66. The maximum atomic E-state index is 11.6. The summed E-state index contributed by atoms with van der Waals surface area (Å²) in [7, 11) is 1.38. The highest BCUT2D eigenvalue weighted by molar-refractivity contribution is 5.95. The van der Waals surface area contributed by atoms with E-state index in [-0.39, 0.29) is 11.5 Å². The van der Waals surface area contributed by atoms with Crippen molar-refractivity contribution in [3.63, 3.8) is 0 Å². The lowest BCUT2D eigenvalue weighted by atomic mass is 9.95. The molecule has 0 unspecified atom stereocenters. The SMILES string of the molecule is COC(=O)C1=CC(C)(C)NC(c2ccccn2)=C1. The third-order valence-corrected chi connectivity index (χ3v) is 2.63. The Hall–Kier alpha value is -2.10. The lowest BCUT2D eigenvalue weighted by Gasteiger charge is -2.29. The number of hydrogen-bond donors (Lipinski definition) is 1.